The average Bonchev–Trinajstić information content (AvgIpc) is 1.00. The Labute approximate surface area is 59.6 Å². The molecule has 0 fully saturated rings. The standard InChI is InChI=1S/CH3.Co.Cr.Mo/h1H3;;;. The van der Waals surface area contributed by atoms with Gasteiger partial charge in [-0.25, -0.2) is 0 Å². The van der Waals surface area contributed by atoms with Gasteiger partial charge in [0.05, 0.1) is 0 Å². The van der Waals surface area contributed by atoms with Crippen LogP contribution in [-0.4, -0.2) is 0 Å². The molecule has 0 bridgehead atoms. The topological polar surface area (TPSA) is 0 Å². The summed E-state index contributed by atoms with van der Waals surface area (Å²) in [4.78, 5) is 0. The van der Waals surface area contributed by atoms with Crippen molar-refractivity contribution in [1.82, 2.24) is 0 Å². The van der Waals surface area contributed by atoms with E-state index in [0.29, 0.717) is 0 Å². The van der Waals surface area contributed by atoms with E-state index >= 15 is 0 Å². The third kappa shape index (κ3) is 9.29. The molecule has 0 rings (SSSR count). The van der Waals surface area contributed by atoms with Crippen molar-refractivity contribution in [3.05, 3.63) is 0 Å². The normalized spacial score (nSPS) is 1.25. The van der Waals surface area contributed by atoms with Gasteiger partial charge in [-0.15, -0.1) is 0 Å². The van der Waals surface area contributed by atoms with Crippen molar-refractivity contribution in [1.29, 1.82) is 0 Å². The molecule has 0 saturated carbocycles. The first kappa shape index (κ1) is 17.2. The molecule has 0 heterocycles. The minimum absolute atomic E-state index is 0. The van der Waals surface area contributed by atoms with Gasteiger partial charge in [0.1, 0.15) is 0 Å². The van der Waals surface area contributed by atoms with Crippen molar-refractivity contribution >= 4 is 0 Å². The van der Waals surface area contributed by atoms with Crippen LogP contribution in [0.2, 0.25) is 5.79 Å². The SMILES string of the molecule is [CH3][Cr].[Co].[Mo]. The summed E-state index contributed by atoms with van der Waals surface area (Å²) in [6.45, 7) is 0. The third-order valence-corrected chi connectivity index (χ3v) is 0. The summed E-state index contributed by atoms with van der Waals surface area (Å²) in [6.07, 6.45) is 0. The van der Waals surface area contributed by atoms with Crippen molar-refractivity contribution in [2.75, 3.05) is 0 Å². The molecule has 0 saturated heterocycles. The van der Waals surface area contributed by atoms with E-state index < -0.39 is 0 Å². The van der Waals surface area contributed by atoms with Gasteiger partial charge in [0.2, 0.25) is 0 Å². The maximum Gasteiger partial charge on any atom is 0 e. The van der Waals surface area contributed by atoms with E-state index in [0.717, 1.165) is 0 Å². The molecular formula is CH3CoCrMo. The van der Waals surface area contributed by atoms with Gasteiger partial charge in [-0.2, -0.15) is 0 Å². The number of hydrogen-bond donors (Lipinski definition) is 0. The molecule has 0 aliphatic carbocycles. The van der Waals surface area contributed by atoms with Crippen LogP contribution in [0.15, 0.2) is 0 Å². The summed E-state index contributed by atoms with van der Waals surface area (Å²) >= 11 is 2.62. The molecule has 0 atom stereocenters. The fourth-order valence-corrected chi connectivity index (χ4v) is 0. The first-order chi connectivity index (χ1) is 1.00. The molecule has 0 aliphatic heterocycles. The maximum absolute atomic E-state index is 2.62. The molecule has 0 unspecified atom stereocenters. The Morgan fingerprint density at radius 2 is 1.25 bits per heavy atom. The molecule has 1 radical (unpaired) electrons. The van der Waals surface area contributed by atoms with Gasteiger partial charge < -0.3 is 0 Å². The minimum Gasteiger partial charge on any atom is 0 e. The van der Waals surface area contributed by atoms with E-state index in [4.69, 9.17) is 0 Å². The fourth-order valence-electron chi connectivity index (χ4n) is 0. The van der Waals surface area contributed by atoms with Gasteiger partial charge in [0.15, 0.2) is 0 Å². The van der Waals surface area contributed by atoms with E-state index in [2.05, 4.69) is 16.3 Å². The summed E-state index contributed by atoms with van der Waals surface area (Å²) in [5.41, 5.74) is 0. The fraction of sp³-hybridized carbons (Fsp3) is 1.00. The van der Waals surface area contributed by atoms with Crippen molar-refractivity contribution in [3.8, 4) is 0 Å². The molecule has 0 aromatic rings. The van der Waals surface area contributed by atoms with E-state index in [-0.39, 0.29) is 37.8 Å². The number of rotatable bonds is 0. The Kier molecular flexibility index (Phi) is 94.7. The predicted octanol–water partition coefficient (Wildman–Crippen LogP) is 0.576. The molecule has 4 heavy (non-hydrogen) atoms. The quantitative estimate of drug-likeness (QED) is 0.525. The van der Waals surface area contributed by atoms with Crippen LogP contribution in [-0.2, 0) is 54.1 Å². The summed E-state index contributed by atoms with van der Waals surface area (Å²) in [7, 11) is 0. The molecule has 0 nitrogen and oxygen atoms in total. The van der Waals surface area contributed by atoms with E-state index in [1.165, 1.54) is 0 Å². The average molecular weight is 222 g/mol. The van der Waals surface area contributed by atoms with Gasteiger partial charge in [0.25, 0.3) is 0 Å². The Balaban J connectivity index is -0.00000000500. The molecule has 0 aromatic heterocycles. The van der Waals surface area contributed by atoms with Crippen LogP contribution in [0, 0.1) is 0 Å². The maximum atomic E-state index is 2.62. The van der Waals surface area contributed by atoms with Gasteiger partial charge in [-0.3, -0.25) is 0 Å². The van der Waals surface area contributed by atoms with Gasteiger partial charge in [-0.05, 0) is 0 Å². The van der Waals surface area contributed by atoms with E-state index in [9.17, 15) is 0 Å². The van der Waals surface area contributed by atoms with E-state index in [1.54, 1.807) is 0 Å². The summed E-state index contributed by atoms with van der Waals surface area (Å²) in [5, 5.41) is 0. The monoisotopic (exact) mass is 224 g/mol. The zero-order valence-corrected chi connectivity index (χ0v) is 6.47. The molecule has 0 spiro atoms. The van der Waals surface area contributed by atoms with Gasteiger partial charge in [0, 0.05) is 37.8 Å². The first-order valence-electron chi connectivity index (χ1n) is 0.408. The molecule has 3 heteroatoms. The third-order valence-electron chi connectivity index (χ3n) is 0. The number of hydrogen-bond acceptors (Lipinski definition) is 0. The van der Waals surface area contributed by atoms with Crippen molar-refractivity contribution in [3.63, 3.8) is 0 Å². The predicted molar refractivity (Wildman–Crippen MR) is 5.86 cm³/mol. The largest absolute Gasteiger partial charge is 0 e. The summed E-state index contributed by atoms with van der Waals surface area (Å²) in [5.74, 6) is 1.88. The zero-order chi connectivity index (χ0) is 2.00. The molecule has 0 aromatic carbocycles. The van der Waals surface area contributed by atoms with Crippen LogP contribution in [0.25, 0.3) is 0 Å². The Hall–Kier alpha value is 1.73. The molecule has 28 valence electrons. The second-order valence-corrected chi connectivity index (χ2v) is 0. The van der Waals surface area contributed by atoms with Gasteiger partial charge in [-0.1, -0.05) is 0 Å². The van der Waals surface area contributed by atoms with Crippen LogP contribution >= 0.6 is 0 Å². The molecular weight excluding hydrogens is 219 g/mol. The van der Waals surface area contributed by atoms with E-state index in [1.807, 2.05) is 5.79 Å². The second kappa shape index (κ2) is 22.0. The van der Waals surface area contributed by atoms with Crippen LogP contribution in [0.5, 0.6) is 0 Å². The van der Waals surface area contributed by atoms with Crippen molar-refractivity contribution in [2.45, 2.75) is 5.79 Å². The smallest absolute Gasteiger partial charge is 0 e. The second-order valence-electron chi connectivity index (χ2n) is 0. The Morgan fingerprint density at radius 1 is 1.25 bits per heavy atom. The minimum atomic E-state index is 0. The van der Waals surface area contributed by atoms with Crippen molar-refractivity contribution in [2.24, 2.45) is 0 Å². The van der Waals surface area contributed by atoms with Crippen LogP contribution in [0.4, 0.5) is 0 Å². The zero-order valence-electron chi connectivity index (χ0n) is 2.15. The summed E-state index contributed by atoms with van der Waals surface area (Å²) < 4.78 is 0. The molecule has 0 amide bonds. The van der Waals surface area contributed by atoms with Crippen LogP contribution < -0.4 is 0 Å². The molecule has 0 aliphatic rings. The van der Waals surface area contributed by atoms with Gasteiger partial charge >= 0.3 is 22.1 Å². The van der Waals surface area contributed by atoms with Crippen LogP contribution in [0.3, 0.4) is 0 Å². The summed E-state index contributed by atoms with van der Waals surface area (Å²) in [6, 6.07) is 0. The molecule has 0 N–H and O–H groups in total. The van der Waals surface area contributed by atoms with Crippen molar-refractivity contribution < 1.29 is 54.1 Å². The Morgan fingerprint density at radius 3 is 1.25 bits per heavy atom. The first-order valence-corrected chi connectivity index (χ1v) is 1.68. The Bertz CT molecular complexity index is 8.00. The van der Waals surface area contributed by atoms with Crippen LogP contribution in [0.1, 0.15) is 0 Å².